The maximum absolute atomic E-state index is 11.0. The number of aliphatic imine (C=N–C) groups is 1. The molecule has 5 nitrogen and oxygen atoms in total. The fraction of sp³-hybridized carbons (Fsp3) is 0.647. The molecule has 0 saturated carbocycles. The quantitative estimate of drug-likeness (QED) is 0.192. The molecule has 1 aromatic heterocycles. The van der Waals surface area contributed by atoms with Gasteiger partial charge < -0.3 is 15.4 Å². The van der Waals surface area contributed by atoms with Crippen LogP contribution in [0.25, 0.3) is 0 Å². The molecule has 7 heteroatoms. The normalized spacial score (nSPS) is 11.6. The summed E-state index contributed by atoms with van der Waals surface area (Å²) in [4.78, 5) is 16.6. The molecule has 0 spiro atoms. The van der Waals surface area contributed by atoms with Crippen molar-refractivity contribution in [3.63, 3.8) is 0 Å². The molecule has 0 aromatic carbocycles. The fourth-order valence-corrected chi connectivity index (χ4v) is 3.01. The average molecular weight is 467 g/mol. The number of carbonyl (C=O) groups excluding carboxylic acids is 1. The van der Waals surface area contributed by atoms with Gasteiger partial charge in [-0.05, 0) is 24.3 Å². The maximum atomic E-state index is 11.0. The van der Waals surface area contributed by atoms with Gasteiger partial charge in [-0.15, -0.1) is 35.3 Å². The molecule has 0 saturated heterocycles. The van der Waals surface area contributed by atoms with Gasteiger partial charge in [0.15, 0.2) is 5.96 Å². The Morgan fingerprint density at radius 3 is 2.62 bits per heavy atom. The van der Waals surface area contributed by atoms with Crippen molar-refractivity contribution in [2.45, 2.75) is 44.9 Å². The molecule has 1 rings (SSSR count). The smallest absolute Gasteiger partial charge is 0.305 e. The van der Waals surface area contributed by atoms with E-state index in [2.05, 4.69) is 51.7 Å². The second-order valence-corrected chi connectivity index (χ2v) is 7.05. The maximum Gasteiger partial charge on any atom is 0.305 e. The number of halogens is 1. The minimum absolute atomic E-state index is 0. The number of guanidine groups is 1. The van der Waals surface area contributed by atoms with Gasteiger partial charge >= 0.3 is 5.97 Å². The lowest BCUT2D eigenvalue weighted by atomic mass is 9.91. The second-order valence-electron chi connectivity index (χ2n) is 6.10. The Bertz CT molecular complexity index is 490. The van der Waals surface area contributed by atoms with Crippen molar-refractivity contribution in [2.75, 3.05) is 27.2 Å². The lowest BCUT2D eigenvalue weighted by Gasteiger charge is -2.25. The van der Waals surface area contributed by atoms with Crippen molar-refractivity contribution >= 4 is 47.2 Å². The second kappa shape index (κ2) is 12.5. The van der Waals surface area contributed by atoms with Crippen LogP contribution in [0.3, 0.4) is 0 Å². The van der Waals surface area contributed by atoms with Gasteiger partial charge in [0.25, 0.3) is 0 Å². The molecule has 1 heterocycles. The highest BCUT2D eigenvalue weighted by Gasteiger charge is 2.21. The molecule has 0 amide bonds. The van der Waals surface area contributed by atoms with Crippen LogP contribution >= 0.6 is 35.3 Å². The summed E-state index contributed by atoms with van der Waals surface area (Å²) < 4.78 is 4.62. The van der Waals surface area contributed by atoms with Crippen LogP contribution < -0.4 is 10.6 Å². The Morgan fingerprint density at radius 2 is 2.04 bits per heavy atom. The summed E-state index contributed by atoms with van der Waals surface area (Å²) in [5.74, 6) is 0.689. The number of nitrogens with one attached hydrogen (secondary N) is 2. The molecule has 1 aromatic rings. The molecule has 0 bridgehead atoms. The van der Waals surface area contributed by atoms with Crippen molar-refractivity contribution in [3.05, 3.63) is 22.4 Å². The van der Waals surface area contributed by atoms with Crippen LogP contribution in [0, 0.1) is 0 Å². The predicted molar refractivity (Wildman–Crippen MR) is 113 cm³/mol. The van der Waals surface area contributed by atoms with E-state index in [1.165, 1.54) is 12.0 Å². The van der Waals surface area contributed by atoms with E-state index < -0.39 is 0 Å². The number of unbranched alkanes of at least 4 members (excludes halogenated alkanes) is 2. The summed E-state index contributed by atoms with van der Waals surface area (Å²) >= 11 is 1.78. The number of ether oxygens (including phenoxy) is 1. The first-order valence-electron chi connectivity index (χ1n) is 8.05. The SMILES string of the molecule is CN=C(NCCCCCC(=O)OC)NCC(C)(C)c1cccs1.I. The van der Waals surface area contributed by atoms with Gasteiger partial charge in [-0.3, -0.25) is 9.79 Å². The molecule has 24 heavy (non-hydrogen) atoms. The topological polar surface area (TPSA) is 62.7 Å². The van der Waals surface area contributed by atoms with Gasteiger partial charge in [0.2, 0.25) is 0 Å². The number of hydrogen-bond acceptors (Lipinski definition) is 4. The van der Waals surface area contributed by atoms with Crippen molar-refractivity contribution in [1.82, 2.24) is 10.6 Å². The molecule has 0 fully saturated rings. The van der Waals surface area contributed by atoms with Gasteiger partial charge in [0.05, 0.1) is 7.11 Å². The minimum Gasteiger partial charge on any atom is -0.469 e. The van der Waals surface area contributed by atoms with E-state index in [9.17, 15) is 4.79 Å². The predicted octanol–water partition coefficient (Wildman–Crippen LogP) is 3.54. The number of carbonyl (C=O) groups is 1. The summed E-state index contributed by atoms with van der Waals surface area (Å²) in [7, 11) is 3.21. The summed E-state index contributed by atoms with van der Waals surface area (Å²) in [5.41, 5.74) is 0.0757. The van der Waals surface area contributed by atoms with Gasteiger partial charge in [-0.25, -0.2) is 0 Å². The summed E-state index contributed by atoms with van der Waals surface area (Å²) in [6, 6.07) is 4.26. The standard InChI is InChI=1S/C17H29N3O2S.HI/c1-17(2,14-9-8-12-23-14)13-20-16(18-3)19-11-7-5-6-10-15(21)22-4;/h8-9,12H,5-7,10-11,13H2,1-4H3,(H2,18,19,20);1H. The number of nitrogens with zero attached hydrogens (tertiary/aromatic N) is 1. The highest BCUT2D eigenvalue weighted by molar-refractivity contribution is 14.0. The number of rotatable bonds is 9. The van der Waals surface area contributed by atoms with Gasteiger partial charge in [-0.1, -0.05) is 26.3 Å². The Kier molecular flexibility index (Phi) is 12.1. The third-order valence-corrected chi connectivity index (χ3v) is 4.92. The monoisotopic (exact) mass is 467 g/mol. The van der Waals surface area contributed by atoms with Crippen LogP contribution in [0.15, 0.2) is 22.5 Å². The average Bonchev–Trinajstić information content (AvgIpc) is 3.08. The Labute approximate surface area is 166 Å². The minimum atomic E-state index is -0.133. The molecule has 0 atom stereocenters. The van der Waals surface area contributed by atoms with E-state index in [0.717, 1.165) is 38.3 Å². The Morgan fingerprint density at radius 1 is 1.29 bits per heavy atom. The zero-order chi connectivity index (χ0) is 17.1. The van der Waals surface area contributed by atoms with E-state index in [-0.39, 0.29) is 35.4 Å². The van der Waals surface area contributed by atoms with Gasteiger partial charge in [-0.2, -0.15) is 0 Å². The third kappa shape index (κ3) is 8.86. The van der Waals surface area contributed by atoms with Crippen LogP contribution in [-0.2, 0) is 14.9 Å². The van der Waals surface area contributed by atoms with E-state index >= 15 is 0 Å². The summed E-state index contributed by atoms with van der Waals surface area (Å²) in [6.45, 7) is 6.13. The van der Waals surface area contributed by atoms with Crippen molar-refractivity contribution in [2.24, 2.45) is 4.99 Å². The summed E-state index contributed by atoms with van der Waals surface area (Å²) in [5, 5.41) is 8.81. The van der Waals surface area contributed by atoms with E-state index in [1.54, 1.807) is 18.4 Å². The third-order valence-electron chi connectivity index (χ3n) is 3.69. The van der Waals surface area contributed by atoms with Crippen LogP contribution in [-0.4, -0.2) is 39.2 Å². The number of methoxy groups -OCH3 is 1. The van der Waals surface area contributed by atoms with Crippen LogP contribution in [0.4, 0.5) is 0 Å². The summed E-state index contributed by atoms with van der Waals surface area (Å²) in [6.07, 6.45) is 3.37. The number of thiophene rings is 1. The molecule has 2 N–H and O–H groups in total. The molecule has 0 aliphatic heterocycles. The first-order chi connectivity index (χ1) is 11.0. The number of esters is 1. The van der Waals surface area contributed by atoms with Gasteiger partial charge in [0, 0.05) is 36.9 Å². The van der Waals surface area contributed by atoms with Crippen LogP contribution in [0.5, 0.6) is 0 Å². The Balaban J connectivity index is 0.00000529. The zero-order valence-electron chi connectivity index (χ0n) is 15.1. The first-order valence-corrected chi connectivity index (χ1v) is 8.93. The van der Waals surface area contributed by atoms with Crippen LogP contribution in [0.2, 0.25) is 0 Å². The largest absolute Gasteiger partial charge is 0.469 e. The van der Waals surface area contributed by atoms with E-state index in [4.69, 9.17) is 0 Å². The fourth-order valence-electron chi connectivity index (χ4n) is 2.16. The molecular formula is C17H30IN3O2S. The van der Waals surface area contributed by atoms with E-state index in [1.807, 2.05) is 0 Å². The van der Waals surface area contributed by atoms with E-state index in [0.29, 0.717) is 6.42 Å². The molecule has 0 aliphatic rings. The molecule has 0 unspecified atom stereocenters. The Hall–Kier alpha value is -0.830. The highest BCUT2D eigenvalue weighted by Crippen LogP contribution is 2.26. The zero-order valence-corrected chi connectivity index (χ0v) is 18.2. The molecule has 138 valence electrons. The van der Waals surface area contributed by atoms with Gasteiger partial charge in [0.1, 0.15) is 0 Å². The molecule has 0 aliphatic carbocycles. The van der Waals surface area contributed by atoms with Crippen molar-refractivity contribution in [3.8, 4) is 0 Å². The van der Waals surface area contributed by atoms with Crippen molar-refractivity contribution in [1.29, 1.82) is 0 Å². The van der Waals surface area contributed by atoms with Crippen molar-refractivity contribution < 1.29 is 9.53 Å². The molecule has 0 radical (unpaired) electrons. The number of hydrogen-bond donors (Lipinski definition) is 2. The first kappa shape index (κ1) is 23.2. The lowest BCUT2D eigenvalue weighted by molar-refractivity contribution is -0.140. The highest BCUT2D eigenvalue weighted by atomic mass is 127. The molecular weight excluding hydrogens is 437 g/mol. The van der Waals surface area contributed by atoms with Crippen LogP contribution in [0.1, 0.15) is 44.4 Å². The lowest BCUT2D eigenvalue weighted by Crippen LogP contribution is -2.43.